The molecule has 0 spiro atoms. The van der Waals surface area contributed by atoms with Gasteiger partial charge in [-0.15, -0.1) is 0 Å². The molecule has 1 aromatic rings. The van der Waals surface area contributed by atoms with Gasteiger partial charge in [0.1, 0.15) is 0 Å². The Kier molecular flexibility index (Phi) is 2.15. The molecule has 0 amide bonds. The van der Waals surface area contributed by atoms with Gasteiger partial charge in [-0.2, -0.15) is 0 Å². The van der Waals surface area contributed by atoms with Gasteiger partial charge in [0.15, 0.2) is 0 Å². The second kappa shape index (κ2) is 3.04. The van der Waals surface area contributed by atoms with Crippen molar-refractivity contribution < 1.29 is 8.78 Å². The van der Waals surface area contributed by atoms with E-state index in [1.165, 1.54) is 0 Å². The van der Waals surface area contributed by atoms with Crippen molar-refractivity contribution >= 4 is 0 Å². The molecule has 0 saturated heterocycles. The van der Waals surface area contributed by atoms with Crippen LogP contribution < -0.4 is 5.73 Å². The smallest absolute Gasteiger partial charge is 0.250 e. The third-order valence-electron chi connectivity index (χ3n) is 3.31. The molecule has 1 fully saturated rings. The first kappa shape index (κ1) is 10.6. The second-order valence-electron chi connectivity index (χ2n) is 4.68. The second-order valence-corrected chi connectivity index (χ2v) is 4.68. The molecule has 1 saturated carbocycles. The first-order valence-electron chi connectivity index (χ1n) is 5.13. The molecular weight excluding hydrogens is 198 g/mol. The molecular formula is C11H16F2N2. The Hall–Kier alpha value is -0.900. The number of halogens is 2. The summed E-state index contributed by atoms with van der Waals surface area (Å²) in [4.78, 5) is 3.14. The molecule has 2 nitrogen and oxygen atoms in total. The van der Waals surface area contributed by atoms with Crippen molar-refractivity contribution in [1.82, 2.24) is 4.98 Å². The van der Waals surface area contributed by atoms with E-state index in [9.17, 15) is 8.78 Å². The van der Waals surface area contributed by atoms with Crippen molar-refractivity contribution in [3.05, 3.63) is 23.0 Å². The van der Waals surface area contributed by atoms with Crippen LogP contribution in [0.15, 0.2) is 6.07 Å². The largest absolute Gasteiger partial charge is 0.362 e. The zero-order valence-electron chi connectivity index (χ0n) is 9.03. The highest BCUT2D eigenvalue weighted by Gasteiger charge is 2.57. The summed E-state index contributed by atoms with van der Waals surface area (Å²) in [6.45, 7) is 4.13. The monoisotopic (exact) mass is 214 g/mol. The molecule has 84 valence electrons. The molecule has 15 heavy (non-hydrogen) atoms. The third-order valence-corrected chi connectivity index (χ3v) is 3.31. The highest BCUT2D eigenvalue weighted by molar-refractivity contribution is 5.36. The molecule has 1 heterocycles. The van der Waals surface area contributed by atoms with E-state index >= 15 is 0 Å². The van der Waals surface area contributed by atoms with Gasteiger partial charge in [-0.25, -0.2) is 8.78 Å². The minimum atomic E-state index is -2.53. The Balaban J connectivity index is 2.33. The number of nitrogens with two attached hydrogens (primary N) is 1. The Labute approximate surface area is 87.9 Å². The number of aromatic amines is 1. The van der Waals surface area contributed by atoms with E-state index in [0.717, 1.165) is 17.0 Å². The van der Waals surface area contributed by atoms with Gasteiger partial charge in [0, 0.05) is 36.2 Å². The summed E-state index contributed by atoms with van der Waals surface area (Å²) in [5.74, 6) is -2.53. The number of H-pyrrole nitrogens is 1. The predicted molar refractivity (Wildman–Crippen MR) is 55.2 cm³/mol. The molecule has 4 heteroatoms. The molecule has 0 aromatic carbocycles. The number of nitrogens with one attached hydrogen (secondary N) is 1. The molecule has 1 aliphatic rings. The Morgan fingerprint density at radius 3 is 2.33 bits per heavy atom. The van der Waals surface area contributed by atoms with Gasteiger partial charge in [0.2, 0.25) is 5.92 Å². The lowest BCUT2D eigenvalue weighted by Crippen LogP contribution is -2.53. The third kappa shape index (κ3) is 1.57. The summed E-state index contributed by atoms with van der Waals surface area (Å²) in [7, 11) is 0. The van der Waals surface area contributed by atoms with Crippen molar-refractivity contribution in [2.45, 2.75) is 38.0 Å². The molecule has 1 aliphatic carbocycles. The highest BCUT2D eigenvalue weighted by atomic mass is 19.3. The minimum absolute atomic E-state index is 0.116. The zero-order chi connectivity index (χ0) is 11.3. The van der Waals surface area contributed by atoms with Crippen LogP contribution in [-0.2, 0) is 5.41 Å². The molecule has 0 bridgehead atoms. The molecule has 0 atom stereocenters. The molecule has 1 aromatic heterocycles. The summed E-state index contributed by atoms with van der Waals surface area (Å²) in [6, 6.07) is 1.94. The lowest BCUT2D eigenvalue weighted by Gasteiger charge is -2.47. The van der Waals surface area contributed by atoms with Crippen LogP contribution in [0.5, 0.6) is 0 Å². The standard InChI is InChI=1S/C11H16F2N2/c1-7-3-9(8(2)15-7)10(6-14)4-11(12,13)5-10/h3,15H,4-6,14H2,1-2H3. The maximum atomic E-state index is 13.0. The van der Waals surface area contributed by atoms with E-state index in [-0.39, 0.29) is 12.8 Å². The van der Waals surface area contributed by atoms with Crippen LogP contribution in [0.25, 0.3) is 0 Å². The topological polar surface area (TPSA) is 41.8 Å². The SMILES string of the molecule is Cc1cc(C2(CN)CC(F)(F)C2)c(C)[nH]1. The number of aromatic nitrogens is 1. The number of hydrogen-bond acceptors (Lipinski definition) is 1. The van der Waals surface area contributed by atoms with Crippen molar-refractivity contribution in [2.75, 3.05) is 6.54 Å². The van der Waals surface area contributed by atoms with Crippen molar-refractivity contribution in [1.29, 1.82) is 0 Å². The lowest BCUT2D eigenvalue weighted by molar-refractivity contribution is -0.123. The average molecular weight is 214 g/mol. The minimum Gasteiger partial charge on any atom is -0.362 e. The zero-order valence-corrected chi connectivity index (χ0v) is 9.03. The fourth-order valence-corrected chi connectivity index (χ4v) is 2.66. The fourth-order valence-electron chi connectivity index (χ4n) is 2.66. The van der Waals surface area contributed by atoms with Crippen LogP contribution in [0.2, 0.25) is 0 Å². The molecule has 0 aliphatic heterocycles. The van der Waals surface area contributed by atoms with Crippen LogP contribution in [0, 0.1) is 13.8 Å². The highest BCUT2D eigenvalue weighted by Crippen LogP contribution is 2.53. The van der Waals surface area contributed by atoms with Crippen molar-refractivity contribution in [2.24, 2.45) is 5.73 Å². The van der Waals surface area contributed by atoms with Gasteiger partial charge in [0.05, 0.1) is 0 Å². The number of aryl methyl sites for hydroxylation is 2. The van der Waals surface area contributed by atoms with Crippen LogP contribution in [-0.4, -0.2) is 17.5 Å². The molecule has 0 radical (unpaired) electrons. The van der Waals surface area contributed by atoms with E-state index in [0.29, 0.717) is 6.54 Å². The van der Waals surface area contributed by atoms with E-state index in [1.807, 2.05) is 19.9 Å². The van der Waals surface area contributed by atoms with Gasteiger partial charge < -0.3 is 10.7 Å². The normalized spacial score (nSPS) is 22.5. The van der Waals surface area contributed by atoms with E-state index in [2.05, 4.69) is 4.98 Å². The van der Waals surface area contributed by atoms with Crippen LogP contribution >= 0.6 is 0 Å². The Morgan fingerprint density at radius 1 is 1.40 bits per heavy atom. The molecule has 0 unspecified atom stereocenters. The summed E-state index contributed by atoms with van der Waals surface area (Å²) in [5.41, 5.74) is 8.09. The molecule has 3 N–H and O–H groups in total. The van der Waals surface area contributed by atoms with Gasteiger partial charge >= 0.3 is 0 Å². The van der Waals surface area contributed by atoms with E-state index in [4.69, 9.17) is 5.73 Å². The fraction of sp³-hybridized carbons (Fsp3) is 0.636. The summed E-state index contributed by atoms with van der Waals surface area (Å²) in [6.07, 6.45) is -0.233. The van der Waals surface area contributed by atoms with Gasteiger partial charge in [-0.3, -0.25) is 0 Å². The van der Waals surface area contributed by atoms with E-state index < -0.39 is 11.3 Å². The average Bonchev–Trinajstić information content (AvgIpc) is 2.40. The van der Waals surface area contributed by atoms with E-state index in [1.54, 1.807) is 0 Å². The number of rotatable bonds is 2. The first-order valence-corrected chi connectivity index (χ1v) is 5.13. The van der Waals surface area contributed by atoms with Gasteiger partial charge in [-0.1, -0.05) is 0 Å². The number of alkyl halides is 2. The van der Waals surface area contributed by atoms with Crippen LogP contribution in [0.4, 0.5) is 8.78 Å². The van der Waals surface area contributed by atoms with Crippen LogP contribution in [0.3, 0.4) is 0 Å². The van der Waals surface area contributed by atoms with Gasteiger partial charge in [0.25, 0.3) is 0 Å². The Morgan fingerprint density at radius 2 is 2.00 bits per heavy atom. The molecule has 2 rings (SSSR count). The predicted octanol–water partition coefficient (Wildman–Crippen LogP) is 2.26. The maximum absolute atomic E-state index is 13.0. The maximum Gasteiger partial charge on any atom is 0.250 e. The summed E-state index contributed by atoms with van der Waals surface area (Å²) >= 11 is 0. The van der Waals surface area contributed by atoms with Gasteiger partial charge in [-0.05, 0) is 25.5 Å². The Bertz CT molecular complexity index is 374. The van der Waals surface area contributed by atoms with Crippen LogP contribution in [0.1, 0.15) is 29.8 Å². The quantitative estimate of drug-likeness (QED) is 0.779. The lowest BCUT2D eigenvalue weighted by atomic mass is 9.62. The van der Waals surface area contributed by atoms with Crippen molar-refractivity contribution in [3.63, 3.8) is 0 Å². The summed E-state index contributed by atoms with van der Waals surface area (Å²) in [5, 5.41) is 0. The summed E-state index contributed by atoms with van der Waals surface area (Å²) < 4.78 is 26.0. The first-order chi connectivity index (χ1) is 6.88. The van der Waals surface area contributed by atoms with Crippen molar-refractivity contribution in [3.8, 4) is 0 Å². The number of hydrogen-bond donors (Lipinski definition) is 2.